The van der Waals surface area contributed by atoms with Gasteiger partial charge in [-0.3, -0.25) is 9.99 Å². The van der Waals surface area contributed by atoms with E-state index >= 15 is 0 Å². The number of nitrogens with one attached hydrogen (secondary N) is 2. The second-order valence-electron chi connectivity index (χ2n) is 6.05. The molecule has 2 heterocycles. The molecular formula is C18H17ClN4. The van der Waals surface area contributed by atoms with Crippen molar-refractivity contribution in [2.75, 3.05) is 17.0 Å². The first-order valence-electron chi connectivity index (χ1n) is 7.77. The molecule has 0 unspecified atom stereocenters. The Hall–Kier alpha value is -2.22. The third kappa shape index (κ3) is 2.98. The maximum atomic E-state index is 6.53. The Balaban J connectivity index is 1.62. The van der Waals surface area contributed by atoms with Crippen molar-refractivity contribution in [3.63, 3.8) is 0 Å². The van der Waals surface area contributed by atoms with Crippen LogP contribution in [0.5, 0.6) is 0 Å². The first-order valence-corrected chi connectivity index (χ1v) is 8.15. The molecule has 1 aromatic heterocycles. The molecule has 1 aromatic carbocycles. The van der Waals surface area contributed by atoms with Gasteiger partial charge in [0, 0.05) is 29.6 Å². The van der Waals surface area contributed by atoms with E-state index in [-0.39, 0.29) is 0 Å². The predicted molar refractivity (Wildman–Crippen MR) is 93.2 cm³/mol. The monoisotopic (exact) mass is 324 g/mol. The molecular weight excluding hydrogens is 308 g/mol. The van der Waals surface area contributed by atoms with Crippen LogP contribution in [0.15, 0.2) is 30.5 Å². The number of aromatic nitrogens is 1. The molecule has 5 heteroatoms. The van der Waals surface area contributed by atoms with E-state index in [0.29, 0.717) is 5.02 Å². The Morgan fingerprint density at radius 2 is 2.17 bits per heavy atom. The number of hydrogen-bond acceptors (Lipinski definition) is 4. The van der Waals surface area contributed by atoms with Crippen molar-refractivity contribution in [2.45, 2.75) is 19.8 Å². The molecule has 2 aromatic rings. The van der Waals surface area contributed by atoms with Crippen LogP contribution in [0.3, 0.4) is 0 Å². The summed E-state index contributed by atoms with van der Waals surface area (Å²) in [7, 11) is 0. The fourth-order valence-electron chi connectivity index (χ4n) is 2.66. The Labute approximate surface area is 140 Å². The van der Waals surface area contributed by atoms with Crippen molar-refractivity contribution < 1.29 is 0 Å². The van der Waals surface area contributed by atoms with Crippen LogP contribution in [0, 0.1) is 24.7 Å². The van der Waals surface area contributed by atoms with Crippen molar-refractivity contribution in [1.29, 1.82) is 0 Å². The van der Waals surface area contributed by atoms with Crippen molar-refractivity contribution in [3.8, 4) is 11.8 Å². The largest absolute Gasteiger partial charge is 0.300 e. The average Bonchev–Trinajstić information content (AvgIpc) is 3.26. The van der Waals surface area contributed by atoms with E-state index in [1.807, 2.05) is 25.1 Å². The van der Waals surface area contributed by atoms with Crippen molar-refractivity contribution >= 4 is 23.0 Å². The molecule has 0 amide bonds. The summed E-state index contributed by atoms with van der Waals surface area (Å²) < 4.78 is 0. The van der Waals surface area contributed by atoms with Gasteiger partial charge in [0.1, 0.15) is 0 Å². The van der Waals surface area contributed by atoms with Crippen LogP contribution in [0.1, 0.15) is 29.7 Å². The number of nitrogens with zero attached hydrogens (tertiary/aromatic N) is 2. The van der Waals surface area contributed by atoms with Gasteiger partial charge in [-0.15, -0.1) is 5.53 Å². The molecule has 0 saturated heterocycles. The molecule has 1 saturated carbocycles. The number of hydrazine groups is 2. The number of rotatable bonds is 2. The van der Waals surface area contributed by atoms with Gasteiger partial charge in [-0.1, -0.05) is 23.4 Å². The summed E-state index contributed by atoms with van der Waals surface area (Å²) in [5.74, 6) is 7.10. The van der Waals surface area contributed by atoms with Crippen LogP contribution in [-0.2, 0) is 0 Å². The molecule has 2 aliphatic rings. The highest BCUT2D eigenvalue weighted by Crippen LogP contribution is 2.40. The topological polar surface area (TPSA) is 40.2 Å². The highest BCUT2D eigenvalue weighted by molar-refractivity contribution is 6.35. The summed E-state index contributed by atoms with van der Waals surface area (Å²) >= 11 is 6.53. The number of halogens is 1. The number of pyridine rings is 1. The number of hydrogen-bond donors (Lipinski definition) is 2. The Kier molecular flexibility index (Phi) is 3.60. The lowest BCUT2D eigenvalue weighted by Crippen LogP contribution is -2.37. The van der Waals surface area contributed by atoms with E-state index in [2.05, 4.69) is 38.9 Å². The lowest BCUT2D eigenvalue weighted by molar-refractivity contribution is 0.674. The molecule has 1 fully saturated rings. The highest BCUT2D eigenvalue weighted by Gasteiger charge is 2.29. The number of anilines is 2. The zero-order valence-corrected chi connectivity index (χ0v) is 13.6. The molecule has 4 rings (SSSR count). The van der Waals surface area contributed by atoms with E-state index in [1.54, 1.807) is 6.20 Å². The van der Waals surface area contributed by atoms with E-state index in [4.69, 9.17) is 11.6 Å². The Bertz CT molecular complexity index is 818. The summed E-state index contributed by atoms with van der Waals surface area (Å²) in [4.78, 5) is 4.18. The van der Waals surface area contributed by atoms with E-state index in [0.717, 1.165) is 40.7 Å². The molecule has 0 bridgehead atoms. The van der Waals surface area contributed by atoms with Crippen LogP contribution in [-0.4, -0.2) is 11.5 Å². The van der Waals surface area contributed by atoms with Gasteiger partial charge < -0.3 is 5.43 Å². The SMILES string of the molecule is Cc1cc(C#Cc2ccc3c(c2Cl)NNN3CC2CC2)ccn1. The molecule has 1 aliphatic carbocycles. The second kappa shape index (κ2) is 5.77. The second-order valence-corrected chi connectivity index (χ2v) is 6.43. The minimum atomic E-state index is 0.659. The van der Waals surface area contributed by atoms with Crippen molar-refractivity contribution in [3.05, 3.63) is 52.3 Å². The van der Waals surface area contributed by atoms with Crippen LogP contribution in [0.25, 0.3) is 0 Å². The summed E-state index contributed by atoms with van der Waals surface area (Å²) in [6.07, 6.45) is 4.40. The fourth-order valence-corrected chi connectivity index (χ4v) is 2.91. The van der Waals surface area contributed by atoms with E-state index in [1.165, 1.54) is 12.8 Å². The number of fused-ring (bicyclic) bond motifs is 1. The van der Waals surface area contributed by atoms with Gasteiger partial charge in [0.25, 0.3) is 0 Å². The summed E-state index contributed by atoms with van der Waals surface area (Å²) in [5, 5.41) is 2.79. The Morgan fingerprint density at radius 3 is 2.96 bits per heavy atom. The van der Waals surface area contributed by atoms with Gasteiger partial charge in [0.15, 0.2) is 0 Å². The third-order valence-corrected chi connectivity index (χ3v) is 4.50. The number of aryl methyl sites for hydroxylation is 1. The lowest BCUT2D eigenvalue weighted by Gasteiger charge is -2.17. The van der Waals surface area contributed by atoms with Gasteiger partial charge in [-0.25, -0.2) is 0 Å². The van der Waals surface area contributed by atoms with Crippen LogP contribution >= 0.6 is 11.6 Å². The molecule has 0 atom stereocenters. The first-order chi connectivity index (χ1) is 11.2. The van der Waals surface area contributed by atoms with Crippen LogP contribution in [0.4, 0.5) is 11.4 Å². The van der Waals surface area contributed by atoms with Crippen LogP contribution < -0.4 is 16.0 Å². The molecule has 1 aliphatic heterocycles. The molecule has 0 spiro atoms. The van der Waals surface area contributed by atoms with Crippen LogP contribution in [0.2, 0.25) is 5.02 Å². The summed E-state index contributed by atoms with van der Waals surface area (Å²) in [5.41, 5.74) is 11.1. The molecule has 2 N–H and O–H groups in total. The quantitative estimate of drug-likeness (QED) is 0.829. The van der Waals surface area contributed by atoms with E-state index < -0.39 is 0 Å². The number of benzene rings is 1. The smallest absolute Gasteiger partial charge is 0.0953 e. The highest BCUT2D eigenvalue weighted by atomic mass is 35.5. The van der Waals surface area contributed by atoms with E-state index in [9.17, 15) is 0 Å². The van der Waals surface area contributed by atoms with Gasteiger partial charge in [0.05, 0.1) is 16.4 Å². The molecule has 23 heavy (non-hydrogen) atoms. The molecule has 116 valence electrons. The average molecular weight is 325 g/mol. The summed E-state index contributed by atoms with van der Waals surface area (Å²) in [6, 6.07) is 7.92. The normalized spacial score (nSPS) is 15.7. The van der Waals surface area contributed by atoms with Gasteiger partial charge >= 0.3 is 0 Å². The van der Waals surface area contributed by atoms with Crippen molar-refractivity contribution in [1.82, 2.24) is 10.5 Å². The van der Waals surface area contributed by atoms with Gasteiger partial charge in [0.2, 0.25) is 0 Å². The minimum absolute atomic E-state index is 0.659. The Morgan fingerprint density at radius 1 is 1.30 bits per heavy atom. The first kappa shape index (κ1) is 14.4. The van der Waals surface area contributed by atoms with Gasteiger partial charge in [-0.05, 0) is 49.9 Å². The summed E-state index contributed by atoms with van der Waals surface area (Å²) in [6.45, 7) is 2.97. The molecule has 4 nitrogen and oxygen atoms in total. The van der Waals surface area contributed by atoms with Gasteiger partial charge in [-0.2, -0.15) is 0 Å². The minimum Gasteiger partial charge on any atom is -0.300 e. The predicted octanol–water partition coefficient (Wildman–Crippen LogP) is 3.50. The third-order valence-electron chi connectivity index (χ3n) is 4.10. The molecule has 0 radical (unpaired) electrons. The standard InChI is InChI=1S/C18H17ClN4/c1-12-10-13(8-9-20-12)4-5-15-6-7-16-18(17(15)19)21-22-23(16)11-14-2-3-14/h6-10,14,21-22H,2-3,11H2,1H3. The zero-order valence-electron chi connectivity index (χ0n) is 12.9. The fraction of sp³-hybridized carbons (Fsp3) is 0.278. The lowest BCUT2D eigenvalue weighted by atomic mass is 10.1. The maximum absolute atomic E-state index is 6.53. The zero-order chi connectivity index (χ0) is 15.8. The van der Waals surface area contributed by atoms with Crippen molar-refractivity contribution in [2.24, 2.45) is 5.92 Å². The maximum Gasteiger partial charge on any atom is 0.0953 e.